The van der Waals surface area contributed by atoms with Crippen molar-refractivity contribution in [2.75, 3.05) is 24.4 Å². The Morgan fingerprint density at radius 1 is 1.38 bits per heavy atom. The van der Waals surface area contributed by atoms with Crippen LogP contribution in [0.15, 0.2) is 36.7 Å². The highest BCUT2D eigenvalue weighted by Crippen LogP contribution is 2.23. The first-order chi connectivity index (χ1) is 11.7. The molecule has 0 spiro atoms. The van der Waals surface area contributed by atoms with Crippen LogP contribution < -0.4 is 15.4 Å². The average molecular weight is 330 g/mol. The number of urea groups is 1. The Labute approximate surface area is 140 Å². The molecule has 3 rings (SSSR count). The van der Waals surface area contributed by atoms with Crippen molar-refractivity contribution in [2.45, 2.75) is 31.9 Å². The van der Waals surface area contributed by atoms with Crippen molar-refractivity contribution in [3.8, 4) is 5.75 Å². The minimum Gasteiger partial charge on any atom is -0.495 e. The van der Waals surface area contributed by atoms with E-state index < -0.39 is 0 Å². The van der Waals surface area contributed by atoms with Crippen molar-refractivity contribution in [1.82, 2.24) is 9.78 Å². The standard InChI is InChI=1S/C17H22N4O3/c1-23-16-8-3-2-7-15(16)20-17(22)19-13-10-18-21(11-13)12-14-6-4-5-9-24-14/h2-3,7-8,10-11,14H,4-6,9,12H2,1H3,(H2,19,20,22)/t14-/m0/s1. The molecule has 0 bridgehead atoms. The summed E-state index contributed by atoms with van der Waals surface area (Å²) in [5.41, 5.74) is 1.25. The van der Waals surface area contributed by atoms with Gasteiger partial charge in [0.1, 0.15) is 5.75 Å². The largest absolute Gasteiger partial charge is 0.495 e. The maximum atomic E-state index is 12.1. The molecule has 1 atom stereocenters. The lowest BCUT2D eigenvalue weighted by atomic mass is 10.1. The maximum absolute atomic E-state index is 12.1. The van der Waals surface area contributed by atoms with E-state index in [0.29, 0.717) is 23.7 Å². The van der Waals surface area contributed by atoms with Gasteiger partial charge in [0.25, 0.3) is 0 Å². The first-order valence-corrected chi connectivity index (χ1v) is 8.09. The summed E-state index contributed by atoms with van der Waals surface area (Å²) in [5.74, 6) is 0.609. The molecule has 1 aromatic heterocycles. The number of rotatable bonds is 5. The van der Waals surface area contributed by atoms with Crippen LogP contribution in [0.1, 0.15) is 19.3 Å². The molecule has 2 heterocycles. The number of ether oxygens (including phenoxy) is 2. The van der Waals surface area contributed by atoms with Gasteiger partial charge in [0.15, 0.2) is 0 Å². The van der Waals surface area contributed by atoms with Crippen LogP contribution in [-0.2, 0) is 11.3 Å². The Balaban J connectivity index is 1.55. The van der Waals surface area contributed by atoms with Crippen LogP contribution in [0, 0.1) is 0 Å². The van der Waals surface area contributed by atoms with Gasteiger partial charge in [-0.15, -0.1) is 0 Å². The van der Waals surface area contributed by atoms with Crippen LogP contribution in [0.4, 0.5) is 16.2 Å². The number of benzene rings is 1. The van der Waals surface area contributed by atoms with Gasteiger partial charge in [0.2, 0.25) is 0 Å². The maximum Gasteiger partial charge on any atom is 0.323 e. The first kappa shape index (κ1) is 16.3. The molecule has 2 amide bonds. The number of anilines is 2. The number of hydrogen-bond acceptors (Lipinski definition) is 4. The molecule has 24 heavy (non-hydrogen) atoms. The Bertz CT molecular complexity index is 680. The Hall–Kier alpha value is -2.54. The lowest BCUT2D eigenvalue weighted by Crippen LogP contribution is -2.24. The van der Waals surface area contributed by atoms with Gasteiger partial charge in [-0.3, -0.25) is 4.68 Å². The minimum atomic E-state index is -0.340. The normalized spacial score (nSPS) is 17.3. The third-order valence-corrected chi connectivity index (χ3v) is 3.91. The lowest BCUT2D eigenvalue weighted by Gasteiger charge is -2.22. The second-order valence-corrected chi connectivity index (χ2v) is 5.72. The number of carbonyl (C=O) groups excluding carboxylic acids is 1. The van der Waals surface area contributed by atoms with Crippen LogP contribution >= 0.6 is 0 Å². The fourth-order valence-electron chi connectivity index (χ4n) is 2.72. The molecule has 7 nitrogen and oxygen atoms in total. The van der Waals surface area contributed by atoms with Gasteiger partial charge in [-0.2, -0.15) is 5.10 Å². The van der Waals surface area contributed by atoms with E-state index >= 15 is 0 Å². The molecule has 0 unspecified atom stereocenters. The molecule has 2 aromatic rings. The predicted octanol–water partition coefficient (Wildman–Crippen LogP) is 3.10. The average Bonchev–Trinajstić information content (AvgIpc) is 3.03. The van der Waals surface area contributed by atoms with E-state index in [0.717, 1.165) is 19.4 Å². The summed E-state index contributed by atoms with van der Waals surface area (Å²) in [6.07, 6.45) is 7.01. The van der Waals surface area contributed by atoms with E-state index in [1.807, 2.05) is 12.1 Å². The van der Waals surface area contributed by atoms with Crippen molar-refractivity contribution in [3.63, 3.8) is 0 Å². The summed E-state index contributed by atoms with van der Waals surface area (Å²) in [4.78, 5) is 12.1. The minimum absolute atomic E-state index is 0.203. The van der Waals surface area contributed by atoms with Crippen LogP contribution in [0.25, 0.3) is 0 Å². The zero-order valence-electron chi connectivity index (χ0n) is 13.7. The topological polar surface area (TPSA) is 77.4 Å². The summed E-state index contributed by atoms with van der Waals surface area (Å²) in [7, 11) is 1.57. The first-order valence-electron chi connectivity index (χ1n) is 8.09. The van der Waals surface area contributed by atoms with Gasteiger partial charge in [-0.1, -0.05) is 12.1 Å². The Kier molecular flexibility index (Phi) is 5.32. The smallest absolute Gasteiger partial charge is 0.323 e. The van der Waals surface area contributed by atoms with E-state index in [1.54, 1.807) is 36.3 Å². The van der Waals surface area contributed by atoms with E-state index in [-0.39, 0.29) is 12.1 Å². The van der Waals surface area contributed by atoms with Crippen molar-refractivity contribution in [3.05, 3.63) is 36.7 Å². The molecular formula is C17H22N4O3. The third kappa shape index (κ3) is 4.26. The van der Waals surface area contributed by atoms with Gasteiger partial charge in [-0.25, -0.2) is 4.79 Å². The summed E-state index contributed by atoms with van der Waals surface area (Å²) < 4.78 is 12.7. The molecule has 0 aliphatic carbocycles. The van der Waals surface area contributed by atoms with Crippen LogP contribution in [0.2, 0.25) is 0 Å². The predicted molar refractivity (Wildman–Crippen MR) is 91.5 cm³/mol. The zero-order valence-corrected chi connectivity index (χ0v) is 13.7. The van der Waals surface area contributed by atoms with Crippen molar-refractivity contribution < 1.29 is 14.3 Å². The molecule has 0 radical (unpaired) electrons. The zero-order chi connectivity index (χ0) is 16.8. The fraction of sp³-hybridized carbons (Fsp3) is 0.412. The van der Waals surface area contributed by atoms with Crippen LogP contribution in [-0.4, -0.2) is 35.6 Å². The number of carbonyl (C=O) groups is 1. The molecule has 128 valence electrons. The highest BCUT2D eigenvalue weighted by molar-refractivity contribution is 6.00. The molecular weight excluding hydrogens is 308 g/mol. The van der Waals surface area contributed by atoms with Gasteiger partial charge in [0, 0.05) is 12.8 Å². The summed E-state index contributed by atoms with van der Waals surface area (Å²) in [5, 5.41) is 9.81. The quantitative estimate of drug-likeness (QED) is 0.883. The van der Waals surface area contributed by atoms with E-state index in [4.69, 9.17) is 9.47 Å². The van der Waals surface area contributed by atoms with E-state index in [9.17, 15) is 4.79 Å². The molecule has 0 saturated carbocycles. The van der Waals surface area contributed by atoms with E-state index in [2.05, 4.69) is 15.7 Å². The summed E-state index contributed by atoms with van der Waals surface area (Å²) in [6, 6.07) is 6.91. The summed E-state index contributed by atoms with van der Waals surface area (Å²) >= 11 is 0. The SMILES string of the molecule is COc1ccccc1NC(=O)Nc1cnn(C[C@@H]2CCCCO2)c1. The number of hydrogen-bond donors (Lipinski definition) is 2. The van der Waals surface area contributed by atoms with Gasteiger partial charge in [-0.05, 0) is 31.4 Å². The van der Waals surface area contributed by atoms with Crippen molar-refractivity contribution >= 4 is 17.4 Å². The van der Waals surface area contributed by atoms with Crippen LogP contribution in [0.3, 0.4) is 0 Å². The highest BCUT2D eigenvalue weighted by atomic mass is 16.5. The fourth-order valence-corrected chi connectivity index (χ4v) is 2.72. The van der Waals surface area contributed by atoms with Gasteiger partial charge in [0.05, 0.1) is 37.3 Å². The van der Waals surface area contributed by atoms with Gasteiger partial charge >= 0.3 is 6.03 Å². The molecule has 1 saturated heterocycles. The van der Waals surface area contributed by atoms with Crippen molar-refractivity contribution in [2.24, 2.45) is 0 Å². The van der Waals surface area contributed by atoms with E-state index in [1.165, 1.54) is 6.42 Å². The second kappa shape index (κ2) is 7.83. The summed E-state index contributed by atoms with van der Waals surface area (Å²) in [6.45, 7) is 1.52. The monoisotopic (exact) mass is 330 g/mol. The molecule has 1 aliphatic heterocycles. The molecule has 1 aliphatic rings. The second-order valence-electron chi connectivity index (χ2n) is 5.72. The van der Waals surface area contributed by atoms with Crippen molar-refractivity contribution in [1.29, 1.82) is 0 Å². The van der Waals surface area contributed by atoms with Crippen LogP contribution in [0.5, 0.6) is 5.75 Å². The highest BCUT2D eigenvalue weighted by Gasteiger charge is 2.15. The Morgan fingerprint density at radius 2 is 2.25 bits per heavy atom. The molecule has 1 aromatic carbocycles. The number of para-hydroxylation sites is 2. The number of nitrogens with one attached hydrogen (secondary N) is 2. The number of methoxy groups -OCH3 is 1. The molecule has 2 N–H and O–H groups in total. The molecule has 7 heteroatoms. The number of nitrogens with zero attached hydrogens (tertiary/aromatic N) is 2. The lowest BCUT2D eigenvalue weighted by molar-refractivity contribution is 0.00401. The molecule has 1 fully saturated rings. The van der Waals surface area contributed by atoms with Gasteiger partial charge < -0.3 is 20.1 Å². The number of amides is 2. The third-order valence-electron chi connectivity index (χ3n) is 3.91. The Morgan fingerprint density at radius 3 is 3.04 bits per heavy atom. The number of aromatic nitrogens is 2.